The van der Waals surface area contributed by atoms with Gasteiger partial charge in [-0.05, 0) is 26.2 Å². The number of aromatic nitrogens is 4. The van der Waals surface area contributed by atoms with E-state index in [9.17, 15) is 4.79 Å². The van der Waals surface area contributed by atoms with E-state index in [1.165, 1.54) is 0 Å². The Hall–Kier alpha value is -1.82. The summed E-state index contributed by atoms with van der Waals surface area (Å²) in [5.41, 5.74) is 1.27. The van der Waals surface area contributed by atoms with Gasteiger partial charge < -0.3 is 9.47 Å². The number of rotatable bonds is 5. The second kappa shape index (κ2) is 7.38. The zero-order chi connectivity index (χ0) is 17.1. The van der Waals surface area contributed by atoms with Crippen LogP contribution in [0.3, 0.4) is 0 Å². The topological polar surface area (TPSA) is 56.0 Å². The number of hydrogen-bond acceptors (Lipinski definition) is 3. The summed E-state index contributed by atoms with van der Waals surface area (Å²) >= 11 is 6.45. The highest BCUT2D eigenvalue weighted by Gasteiger charge is 2.29. The zero-order valence-corrected chi connectivity index (χ0v) is 15.0. The fraction of sp³-hybridized carbons (Fsp3) is 0.588. The van der Waals surface area contributed by atoms with E-state index in [0.717, 1.165) is 38.8 Å². The van der Waals surface area contributed by atoms with Gasteiger partial charge in [-0.1, -0.05) is 24.9 Å². The van der Waals surface area contributed by atoms with Crippen molar-refractivity contribution in [2.75, 3.05) is 13.1 Å². The van der Waals surface area contributed by atoms with E-state index in [4.69, 9.17) is 11.6 Å². The van der Waals surface area contributed by atoms with Gasteiger partial charge in [0.2, 0.25) is 0 Å². The number of piperidine rings is 1. The zero-order valence-electron chi connectivity index (χ0n) is 14.3. The molecule has 1 aliphatic rings. The van der Waals surface area contributed by atoms with Crippen molar-refractivity contribution in [3.8, 4) is 0 Å². The number of aryl methyl sites for hydroxylation is 2. The lowest BCUT2D eigenvalue weighted by Crippen LogP contribution is -2.40. The molecular weight excluding hydrogens is 326 g/mol. The maximum atomic E-state index is 13.0. The standard InChI is InChI=1S/C17H24ClN5O/c1-3-4-9-23-16(18)15(13(2)20-23)17(24)21-8-5-6-14(11-21)22-10-7-19-12-22/h7,10,12,14H,3-6,8-9,11H2,1-2H3. The van der Waals surface area contributed by atoms with Gasteiger partial charge >= 0.3 is 0 Å². The average Bonchev–Trinajstić information content (AvgIpc) is 3.21. The molecule has 1 unspecified atom stereocenters. The molecule has 0 radical (unpaired) electrons. The number of carbonyl (C=O) groups excluding carboxylic acids is 1. The number of amides is 1. The Kier molecular flexibility index (Phi) is 5.23. The third kappa shape index (κ3) is 3.34. The van der Waals surface area contributed by atoms with E-state index < -0.39 is 0 Å². The summed E-state index contributed by atoms with van der Waals surface area (Å²) in [5.74, 6) is -0.00920. The van der Waals surface area contributed by atoms with Crippen molar-refractivity contribution < 1.29 is 4.79 Å². The number of likely N-dealkylation sites (tertiary alicyclic amines) is 1. The molecule has 6 nitrogen and oxygen atoms in total. The Morgan fingerprint density at radius 3 is 3.00 bits per heavy atom. The molecule has 130 valence electrons. The van der Waals surface area contributed by atoms with Crippen LogP contribution in [0, 0.1) is 6.92 Å². The lowest BCUT2D eigenvalue weighted by atomic mass is 10.0. The van der Waals surface area contributed by atoms with Crippen molar-refractivity contribution in [3.05, 3.63) is 35.1 Å². The van der Waals surface area contributed by atoms with Crippen LogP contribution in [0.4, 0.5) is 0 Å². The first-order chi connectivity index (χ1) is 11.6. The van der Waals surface area contributed by atoms with Crippen LogP contribution < -0.4 is 0 Å². The Morgan fingerprint density at radius 2 is 2.29 bits per heavy atom. The molecule has 0 aromatic carbocycles. The van der Waals surface area contributed by atoms with E-state index in [1.807, 2.05) is 24.3 Å². The lowest BCUT2D eigenvalue weighted by Gasteiger charge is -2.33. The third-order valence-corrected chi connectivity index (χ3v) is 5.02. The van der Waals surface area contributed by atoms with Crippen LogP contribution in [0.2, 0.25) is 5.15 Å². The first-order valence-corrected chi connectivity index (χ1v) is 8.99. The quantitative estimate of drug-likeness (QED) is 0.832. The molecule has 0 spiro atoms. The average molecular weight is 350 g/mol. The number of unbranched alkanes of at least 4 members (excludes halogenated alkanes) is 1. The molecule has 1 saturated heterocycles. The number of hydrogen-bond donors (Lipinski definition) is 0. The van der Waals surface area contributed by atoms with Gasteiger partial charge in [0.15, 0.2) is 0 Å². The molecule has 0 aliphatic carbocycles. The molecule has 0 saturated carbocycles. The van der Waals surface area contributed by atoms with Crippen molar-refractivity contribution in [1.29, 1.82) is 0 Å². The van der Waals surface area contributed by atoms with Gasteiger partial charge in [0.05, 0.1) is 23.6 Å². The van der Waals surface area contributed by atoms with Crippen molar-refractivity contribution in [2.24, 2.45) is 0 Å². The minimum Gasteiger partial charge on any atom is -0.336 e. The maximum absolute atomic E-state index is 13.0. The van der Waals surface area contributed by atoms with Gasteiger partial charge in [0.1, 0.15) is 5.15 Å². The maximum Gasteiger partial charge on any atom is 0.258 e. The summed E-state index contributed by atoms with van der Waals surface area (Å²) in [5, 5.41) is 4.92. The molecule has 2 aromatic rings. The van der Waals surface area contributed by atoms with Crippen molar-refractivity contribution in [1.82, 2.24) is 24.2 Å². The molecule has 3 rings (SSSR count). The Morgan fingerprint density at radius 1 is 1.46 bits per heavy atom. The SMILES string of the molecule is CCCCn1nc(C)c(C(=O)N2CCCC(n3ccnc3)C2)c1Cl. The summed E-state index contributed by atoms with van der Waals surface area (Å²) in [4.78, 5) is 19.0. The summed E-state index contributed by atoms with van der Waals surface area (Å²) in [6, 6.07) is 0.277. The van der Waals surface area contributed by atoms with Gasteiger partial charge in [0, 0.05) is 32.0 Å². The van der Waals surface area contributed by atoms with Crippen molar-refractivity contribution >= 4 is 17.5 Å². The molecule has 1 amide bonds. The molecule has 7 heteroatoms. The van der Waals surface area contributed by atoms with Crippen LogP contribution in [0.1, 0.15) is 54.7 Å². The molecular formula is C17H24ClN5O. The Bertz CT molecular complexity index is 694. The normalized spacial score (nSPS) is 18.1. The predicted octanol–water partition coefficient (Wildman–Crippen LogP) is 3.32. The molecule has 1 fully saturated rings. The highest BCUT2D eigenvalue weighted by molar-refractivity contribution is 6.33. The molecule has 0 bridgehead atoms. The van der Waals surface area contributed by atoms with Crippen LogP contribution in [-0.2, 0) is 6.54 Å². The van der Waals surface area contributed by atoms with E-state index in [-0.39, 0.29) is 11.9 Å². The van der Waals surface area contributed by atoms with Crippen LogP contribution in [0.5, 0.6) is 0 Å². The largest absolute Gasteiger partial charge is 0.336 e. The van der Waals surface area contributed by atoms with Gasteiger partial charge in [-0.3, -0.25) is 9.48 Å². The molecule has 3 heterocycles. The number of halogens is 1. The summed E-state index contributed by atoms with van der Waals surface area (Å²) in [6.45, 7) is 6.19. The number of carbonyl (C=O) groups is 1. The summed E-state index contributed by atoms with van der Waals surface area (Å²) in [7, 11) is 0. The lowest BCUT2D eigenvalue weighted by molar-refractivity contribution is 0.0679. The van der Waals surface area contributed by atoms with E-state index in [0.29, 0.717) is 23.0 Å². The first kappa shape index (κ1) is 17.0. The van der Waals surface area contributed by atoms with Gasteiger partial charge in [0.25, 0.3) is 5.91 Å². The number of imidazole rings is 1. The van der Waals surface area contributed by atoms with E-state index in [1.54, 1.807) is 10.9 Å². The molecule has 1 atom stereocenters. The Balaban J connectivity index is 1.77. The fourth-order valence-corrected chi connectivity index (χ4v) is 3.62. The van der Waals surface area contributed by atoms with Gasteiger partial charge in [-0.25, -0.2) is 4.98 Å². The van der Waals surface area contributed by atoms with E-state index >= 15 is 0 Å². The van der Waals surface area contributed by atoms with Gasteiger partial charge in [-0.15, -0.1) is 0 Å². The second-order valence-electron chi connectivity index (χ2n) is 6.39. The van der Waals surface area contributed by atoms with Crippen molar-refractivity contribution in [2.45, 2.75) is 52.1 Å². The summed E-state index contributed by atoms with van der Waals surface area (Å²) in [6.07, 6.45) is 9.66. The monoisotopic (exact) mass is 349 g/mol. The number of nitrogens with zero attached hydrogens (tertiary/aromatic N) is 5. The minimum atomic E-state index is -0.00920. The molecule has 2 aromatic heterocycles. The smallest absolute Gasteiger partial charge is 0.258 e. The van der Waals surface area contributed by atoms with E-state index in [2.05, 4.69) is 21.6 Å². The minimum absolute atomic E-state index is 0.00920. The van der Waals surface area contributed by atoms with Gasteiger partial charge in [-0.2, -0.15) is 5.10 Å². The molecule has 1 aliphatic heterocycles. The highest BCUT2D eigenvalue weighted by Crippen LogP contribution is 2.26. The molecule has 24 heavy (non-hydrogen) atoms. The summed E-state index contributed by atoms with van der Waals surface area (Å²) < 4.78 is 3.84. The third-order valence-electron chi connectivity index (χ3n) is 4.63. The Labute approximate surface area is 147 Å². The predicted molar refractivity (Wildman–Crippen MR) is 93.3 cm³/mol. The van der Waals surface area contributed by atoms with Crippen LogP contribution in [-0.4, -0.2) is 43.2 Å². The highest BCUT2D eigenvalue weighted by atomic mass is 35.5. The van der Waals surface area contributed by atoms with Crippen LogP contribution in [0.25, 0.3) is 0 Å². The van der Waals surface area contributed by atoms with Crippen LogP contribution >= 0.6 is 11.6 Å². The molecule has 0 N–H and O–H groups in total. The fourth-order valence-electron chi connectivity index (χ4n) is 3.28. The second-order valence-corrected chi connectivity index (χ2v) is 6.74. The first-order valence-electron chi connectivity index (χ1n) is 8.61. The van der Waals surface area contributed by atoms with Crippen molar-refractivity contribution in [3.63, 3.8) is 0 Å². The van der Waals surface area contributed by atoms with Crippen LogP contribution in [0.15, 0.2) is 18.7 Å².